The smallest absolute Gasteiger partial charge is 0.0716 e. The molecule has 1 saturated carbocycles. The average Bonchev–Trinajstić information content (AvgIpc) is 2.83. The molecule has 0 aromatic carbocycles. The molecule has 0 aromatic heterocycles. The van der Waals surface area contributed by atoms with Gasteiger partial charge in [0.25, 0.3) is 0 Å². The highest BCUT2D eigenvalue weighted by Crippen LogP contribution is 2.31. The lowest BCUT2D eigenvalue weighted by Gasteiger charge is -2.26. The van der Waals surface area contributed by atoms with Crippen molar-refractivity contribution in [1.82, 2.24) is 10.6 Å². The lowest BCUT2D eigenvalue weighted by Crippen LogP contribution is -2.40. The Hall–Kier alpha value is -0.120. The quantitative estimate of drug-likeness (QED) is 0.669. The lowest BCUT2D eigenvalue weighted by molar-refractivity contribution is 0.142. The summed E-state index contributed by atoms with van der Waals surface area (Å²) in [6.45, 7) is 7.37. The van der Waals surface area contributed by atoms with Crippen molar-refractivity contribution >= 4 is 0 Å². The summed E-state index contributed by atoms with van der Waals surface area (Å²) in [7, 11) is 0. The van der Waals surface area contributed by atoms with Crippen LogP contribution < -0.4 is 10.6 Å². The molecule has 1 aliphatic carbocycles. The van der Waals surface area contributed by atoms with E-state index in [0.717, 1.165) is 31.5 Å². The van der Waals surface area contributed by atoms with E-state index in [1.165, 1.54) is 19.3 Å². The second kappa shape index (κ2) is 5.48. The van der Waals surface area contributed by atoms with Crippen molar-refractivity contribution in [3.8, 4) is 0 Å². The van der Waals surface area contributed by atoms with Crippen LogP contribution in [-0.2, 0) is 0 Å². The van der Waals surface area contributed by atoms with E-state index in [9.17, 15) is 5.11 Å². The molecule has 2 aliphatic rings. The van der Waals surface area contributed by atoms with Gasteiger partial charge in [0.2, 0.25) is 0 Å². The molecule has 0 spiro atoms. The van der Waals surface area contributed by atoms with Crippen LogP contribution in [0.15, 0.2) is 0 Å². The van der Waals surface area contributed by atoms with Crippen LogP contribution in [-0.4, -0.2) is 36.9 Å². The predicted octanol–water partition coefficient (Wildman–Crippen LogP) is 0.981. The van der Waals surface area contributed by atoms with Crippen LogP contribution in [0.4, 0.5) is 0 Å². The summed E-state index contributed by atoms with van der Waals surface area (Å²) >= 11 is 0. The first-order valence-electron chi connectivity index (χ1n) is 6.80. The molecule has 3 nitrogen and oxygen atoms in total. The van der Waals surface area contributed by atoms with Crippen molar-refractivity contribution in [2.45, 2.75) is 45.3 Å². The van der Waals surface area contributed by atoms with Crippen LogP contribution in [0, 0.1) is 17.8 Å². The number of hydrogen-bond acceptors (Lipinski definition) is 3. The van der Waals surface area contributed by atoms with E-state index in [1.54, 1.807) is 0 Å². The Bertz CT molecular complexity index is 220. The molecule has 0 bridgehead atoms. The SMILES string of the molecule is CC(C)C1CCCC1NCC1CNCC1O. The fourth-order valence-electron chi connectivity index (χ4n) is 3.27. The van der Waals surface area contributed by atoms with Gasteiger partial charge < -0.3 is 15.7 Å². The van der Waals surface area contributed by atoms with Gasteiger partial charge in [-0.25, -0.2) is 0 Å². The first kappa shape index (κ1) is 12.3. The third-order valence-electron chi connectivity index (χ3n) is 4.37. The topological polar surface area (TPSA) is 44.3 Å². The van der Waals surface area contributed by atoms with Crippen molar-refractivity contribution in [2.75, 3.05) is 19.6 Å². The van der Waals surface area contributed by atoms with Gasteiger partial charge in [-0.05, 0) is 24.7 Å². The number of nitrogens with one attached hydrogen (secondary N) is 2. The third-order valence-corrected chi connectivity index (χ3v) is 4.37. The van der Waals surface area contributed by atoms with E-state index in [0.29, 0.717) is 12.0 Å². The number of aliphatic hydroxyl groups excluding tert-OH is 1. The van der Waals surface area contributed by atoms with Crippen LogP contribution >= 0.6 is 0 Å². The van der Waals surface area contributed by atoms with Crippen LogP contribution in [0.25, 0.3) is 0 Å². The maximum Gasteiger partial charge on any atom is 0.0716 e. The fraction of sp³-hybridized carbons (Fsp3) is 1.00. The lowest BCUT2D eigenvalue weighted by atomic mass is 9.90. The van der Waals surface area contributed by atoms with Crippen LogP contribution in [0.5, 0.6) is 0 Å². The summed E-state index contributed by atoms with van der Waals surface area (Å²) in [5.74, 6) is 2.03. The largest absolute Gasteiger partial charge is 0.391 e. The minimum atomic E-state index is -0.147. The molecule has 1 aliphatic heterocycles. The molecule has 1 heterocycles. The summed E-state index contributed by atoms with van der Waals surface area (Å²) in [5, 5.41) is 16.7. The Kier molecular flexibility index (Phi) is 4.22. The van der Waals surface area contributed by atoms with Crippen molar-refractivity contribution in [1.29, 1.82) is 0 Å². The van der Waals surface area contributed by atoms with Crippen LogP contribution in [0.2, 0.25) is 0 Å². The minimum Gasteiger partial charge on any atom is -0.391 e. The van der Waals surface area contributed by atoms with Gasteiger partial charge in [-0.1, -0.05) is 20.3 Å². The van der Waals surface area contributed by atoms with E-state index in [1.807, 2.05) is 0 Å². The highest BCUT2D eigenvalue weighted by atomic mass is 16.3. The Morgan fingerprint density at radius 1 is 1.31 bits per heavy atom. The molecule has 3 N–H and O–H groups in total. The second-order valence-electron chi connectivity index (χ2n) is 5.84. The summed E-state index contributed by atoms with van der Waals surface area (Å²) in [4.78, 5) is 0. The van der Waals surface area contributed by atoms with Gasteiger partial charge in [-0.2, -0.15) is 0 Å². The Morgan fingerprint density at radius 3 is 2.75 bits per heavy atom. The van der Waals surface area contributed by atoms with Gasteiger partial charge in [-0.3, -0.25) is 0 Å². The van der Waals surface area contributed by atoms with Gasteiger partial charge in [0, 0.05) is 31.6 Å². The maximum atomic E-state index is 9.74. The zero-order valence-electron chi connectivity index (χ0n) is 10.6. The molecule has 2 rings (SSSR count). The van der Waals surface area contributed by atoms with E-state index in [2.05, 4.69) is 24.5 Å². The second-order valence-corrected chi connectivity index (χ2v) is 5.84. The van der Waals surface area contributed by atoms with E-state index in [-0.39, 0.29) is 6.10 Å². The summed E-state index contributed by atoms with van der Waals surface area (Å²) in [6, 6.07) is 0.688. The van der Waals surface area contributed by atoms with Crippen LogP contribution in [0.1, 0.15) is 33.1 Å². The molecular weight excluding hydrogens is 200 g/mol. The molecule has 1 saturated heterocycles. The normalized spacial score (nSPS) is 39.8. The van der Waals surface area contributed by atoms with Crippen LogP contribution in [0.3, 0.4) is 0 Å². The zero-order valence-corrected chi connectivity index (χ0v) is 10.6. The monoisotopic (exact) mass is 226 g/mol. The Balaban J connectivity index is 1.76. The fourth-order valence-corrected chi connectivity index (χ4v) is 3.27. The van der Waals surface area contributed by atoms with E-state index in [4.69, 9.17) is 0 Å². The standard InChI is InChI=1S/C13H26N2O/c1-9(2)11-4-3-5-12(11)15-7-10-6-14-8-13(10)16/h9-16H,3-8H2,1-2H3. The third kappa shape index (κ3) is 2.76. The molecule has 3 heteroatoms. The van der Waals surface area contributed by atoms with E-state index < -0.39 is 0 Å². The number of hydrogen-bond donors (Lipinski definition) is 3. The van der Waals surface area contributed by atoms with Gasteiger partial charge in [0.15, 0.2) is 0 Å². The number of rotatable bonds is 4. The molecule has 0 aromatic rings. The molecule has 2 fully saturated rings. The molecule has 94 valence electrons. The highest BCUT2D eigenvalue weighted by molar-refractivity contribution is 4.88. The summed E-state index contributed by atoms with van der Waals surface area (Å²) in [6.07, 6.45) is 3.91. The molecule has 16 heavy (non-hydrogen) atoms. The van der Waals surface area contributed by atoms with Crippen molar-refractivity contribution in [3.05, 3.63) is 0 Å². The molecule has 4 atom stereocenters. The van der Waals surface area contributed by atoms with Crippen molar-refractivity contribution in [3.63, 3.8) is 0 Å². The first-order chi connectivity index (χ1) is 7.68. The number of aliphatic hydroxyl groups is 1. The molecule has 4 unspecified atom stereocenters. The van der Waals surface area contributed by atoms with Gasteiger partial charge in [0.1, 0.15) is 0 Å². The van der Waals surface area contributed by atoms with Gasteiger partial charge in [0.05, 0.1) is 6.10 Å². The zero-order chi connectivity index (χ0) is 11.5. The Morgan fingerprint density at radius 2 is 2.12 bits per heavy atom. The van der Waals surface area contributed by atoms with Gasteiger partial charge >= 0.3 is 0 Å². The van der Waals surface area contributed by atoms with Crippen molar-refractivity contribution in [2.24, 2.45) is 17.8 Å². The molecule has 0 radical (unpaired) electrons. The van der Waals surface area contributed by atoms with Crippen molar-refractivity contribution < 1.29 is 5.11 Å². The maximum absolute atomic E-state index is 9.74. The first-order valence-corrected chi connectivity index (χ1v) is 6.80. The van der Waals surface area contributed by atoms with E-state index >= 15 is 0 Å². The molecular formula is C13H26N2O. The molecule has 0 amide bonds. The van der Waals surface area contributed by atoms with Gasteiger partial charge in [-0.15, -0.1) is 0 Å². The average molecular weight is 226 g/mol. The predicted molar refractivity (Wildman–Crippen MR) is 66.3 cm³/mol. The minimum absolute atomic E-state index is 0.147. The highest BCUT2D eigenvalue weighted by Gasteiger charge is 2.31. The Labute approximate surface area is 99.0 Å². The number of β-amino-alcohol motifs (C(OH)–C–C–N with tert-alkyl or cyclic N) is 1. The summed E-state index contributed by atoms with van der Waals surface area (Å²) < 4.78 is 0. The summed E-state index contributed by atoms with van der Waals surface area (Å²) in [5.41, 5.74) is 0.